The summed E-state index contributed by atoms with van der Waals surface area (Å²) in [6.45, 7) is 2.02. The highest BCUT2D eigenvalue weighted by Crippen LogP contribution is 2.23. The number of nitrogens with zero attached hydrogens (tertiary/aromatic N) is 2. The van der Waals surface area contributed by atoms with Gasteiger partial charge in [0, 0.05) is 24.6 Å². The van der Waals surface area contributed by atoms with Crippen molar-refractivity contribution in [2.45, 2.75) is 37.9 Å². The molecule has 0 saturated heterocycles. The van der Waals surface area contributed by atoms with Gasteiger partial charge in [0.05, 0.1) is 5.25 Å². The first-order valence-electron chi connectivity index (χ1n) is 5.53. The lowest BCUT2D eigenvalue weighted by molar-refractivity contribution is 0.563. The molecule has 0 radical (unpaired) electrons. The second-order valence-electron chi connectivity index (χ2n) is 4.31. The molecule has 0 amide bonds. The minimum absolute atomic E-state index is 0.254. The molecule has 5 heteroatoms. The molecule has 88 valence electrons. The highest BCUT2D eigenvalue weighted by molar-refractivity contribution is 7.91. The number of sulfone groups is 1. The second kappa shape index (κ2) is 4.13. The fourth-order valence-corrected chi connectivity index (χ4v) is 3.08. The molecule has 1 aromatic rings. The SMILES string of the molecule is CCc1ncc2c(n1)CCC(S(C)(=O)=O)C2. The Balaban J connectivity index is 2.29. The first kappa shape index (κ1) is 11.5. The highest BCUT2D eigenvalue weighted by atomic mass is 32.2. The maximum Gasteiger partial charge on any atom is 0.150 e. The van der Waals surface area contributed by atoms with E-state index in [1.165, 1.54) is 6.26 Å². The average Bonchev–Trinajstić information content (AvgIpc) is 2.26. The zero-order valence-corrected chi connectivity index (χ0v) is 10.4. The van der Waals surface area contributed by atoms with Crippen LogP contribution in [0.15, 0.2) is 6.20 Å². The molecule has 1 aromatic heterocycles. The highest BCUT2D eigenvalue weighted by Gasteiger charge is 2.27. The van der Waals surface area contributed by atoms with Gasteiger partial charge in [-0.3, -0.25) is 0 Å². The Bertz CT molecular complexity index is 497. The van der Waals surface area contributed by atoms with Crippen LogP contribution in [-0.2, 0) is 29.1 Å². The van der Waals surface area contributed by atoms with Crippen LogP contribution in [0.1, 0.15) is 30.4 Å². The predicted octanol–water partition coefficient (Wildman–Crippen LogP) is 0.941. The summed E-state index contributed by atoms with van der Waals surface area (Å²) < 4.78 is 23.0. The maximum absolute atomic E-state index is 11.5. The van der Waals surface area contributed by atoms with Gasteiger partial charge in [-0.05, 0) is 24.8 Å². The zero-order valence-electron chi connectivity index (χ0n) is 9.60. The Hall–Kier alpha value is -0.970. The van der Waals surface area contributed by atoms with Gasteiger partial charge in [-0.1, -0.05) is 6.92 Å². The summed E-state index contributed by atoms with van der Waals surface area (Å²) in [4.78, 5) is 8.66. The van der Waals surface area contributed by atoms with Gasteiger partial charge in [-0.2, -0.15) is 0 Å². The van der Waals surface area contributed by atoms with E-state index >= 15 is 0 Å². The molecule has 0 fully saturated rings. The number of aromatic nitrogens is 2. The minimum Gasteiger partial charge on any atom is -0.241 e. The van der Waals surface area contributed by atoms with Gasteiger partial charge in [-0.15, -0.1) is 0 Å². The predicted molar refractivity (Wildman–Crippen MR) is 62.1 cm³/mol. The summed E-state index contributed by atoms with van der Waals surface area (Å²) in [5, 5.41) is -0.254. The first-order chi connectivity index (χ1) is 7.50. The molecule has 0 N–H and O–H groups in total. The lowest BCUT2D eigenvalue weighted by Crippen LogP contribution is -2.28. The Labute approximate surface area is 96.0 Å². The third-order valence-electron chi connectivity index (χ3n) is 3.08. The van der Waals surface area contributed by atoms with E-state index < -0.39 is 9.84 Å². The van der Waals surface area contributed by atoms with Crippen LogP contribution in [0, 0.1) is 0 Å². The molecule has 0 saturated carbocycles. The van der Waals surface area contributed by atoms with E-state index in [1.807, 2.05) is 6.92 Å². The number of hydrogen-bond acceptors (Lipinski definition) is 4. The Morgan fingerprint density at radius 1 is 1.50 bits per heavy atom. The summed E-state index contributed by atoms with van der Waals surface area (Å²) in [5.41, 5.74) is 2.03. The molecule has 16 heavy (non-hydrogen) atoms. The monoisotopic (exact) mass is 240 g/mol. The molecule has 1 aliphatic carbocycles. The largest absolute Gasteiger partial charge is 0.241 e. The van der Waals surface area contributed by atoms with E-state index in [0.29, 0.717) is 12.8 Å². The smallest absolute Gasteiger partial charge is 0.150 e. The molecule has 0 spiro atoms. The van der Waals surface area contributed by atoms with Crippen molar-refractivity contribution < 1.29 is 8.42 Å². The van der Waals surface area contributed by atoms with Crippen molar-refractivity contribution in [3.8, 4) is 0 Å². The van der Waals surface area contributed by atoms with Crippen LogP contribution in [0.2, 0.25) is 0 Å². The summed E-state index contributed by atoms with van der Waals surface area (Å²) in [6.07, 6.45) is 5.93. The van der Waals surface area contributed by atoms with Crippen LogP contribution < -0.4 is 0 Å². The van der Waals surface area contributed by atoms with Crippen LogP contribution in [0.5, 0.6) is 0 Å². The lowest BCUT2D eigenvalue weighted by Gasteiger charge is -2.22. The van der Waals surface area contributed by atoms with Gasteiger partial charge < -0.3 is 0 Å². The summed E-state index contributed by atoms with van der Waals surface area (Å²) in [5.74, 6) is 0.844. The van der Waals surface area contributed by atoms with Crippen molar-refractivity contribution in [2.24, 2.45) is 0 Å². The van der Waals surface area contributed by atoms with E-state index in [2.05, 4.69) is 9.97 Å². The molecule has 1 unspecified atom stereocenters. The molecule has 0 aromatic carbocycles. The van der Waals surface area contributed by atoms with E-state index in [4.69, 9.17) is 0 Å². The lowest BCUT2D eigenvalue weighted by atomic mass is 9.97. The van der Waals surface area contributed by atoms with E-state index in [1.54, 1.807) is 6.20 Å². The topological polar surface area (TPSA) is 59.9 Å². The van der Waals surface area contributed by atoms with Crippen molar-refractivity contribution in [1.82, 2.24) is 9.97 Å². The second-order valence-corrected chi connectivity index (χ2v) is 6.63. The average molecular weight is 240 g/mol. The maximum atomic E-state index is 11.5. The molecule has 0 aliphatic heterocycles. The van der Waals surface area contributed by atoms with Crippen LogP contribution >= 0.6 is 0 Å². The summed E-state index contributed by atoms with van der Waals surface area (Å²) in [7, 11) is -2.94. The zero-order chi connectivity index (χ0) is 11.8. The van der Waals surface area contributed by atoms with Crippen molar-refractivity contribution in [2.75, 3.05) is 6.26 Å². The van der Waals surface area contributed by atoms with Crippen molar-refractivity contribution >= 4 is 9.84 Å². The normalized spacial score (nSPS) is 20.5. The van der Waals surface area contributed by atoms with E-state index in [9.17, 15) is 8.42 Å². The van der Waals surface area contributed by atoms with Crippen LogP contribution in [0.4, 0.5) is 0 Å². The molecule has 1 heterocycles. The van der Waals surface area contributed by atoms with Crippen molar-refractivity contribution in [3.05, 3.63) is 23.3 Å². The van der Waals surface area contributed by atoms with Gasteiger partial charge in [0.15, 0.2) is 9.84 Å². The van der Waals surface area contributed by atoms with Crippen LogP contribution in [0.3, 0.4) is 0 Å². The number of aryl methyl sites for hydroxylation is 2. The molecule has 1 aliphatic rings. The summed E-state index contributed by atoms with van der Waals surface area (Å²) in [6, 6.07) is 0. The molecule has 2 rings (SSSR count). The number of hydrogen-bond donors (Lipinski definition) is 0. The standard InChI is InChI=1S/C11H16N2O2S/c1-3-11-12-7-8-6-9(16(2,14)15)4-5-10(8)13-11/h7,9H,3-6H2,1-2H3. The van der Waals surface area contributed by atoms with E-state index in [-0.39, 0.29) is 5.25 Å². The quantitative estimate of drug-likeness (QED) is 0.772. The molecule has 1 atom stereocenters. The third kappa shape index (κ3) is 2.24. The molecular formula is C11H16N2O2S. The fraction of sp³-hybridized carbons (Fsp3) is 0.636. The minimum atomic E-state index is -2.94. The van der Waals surface area contributed by atoms with E-state index in [0.717, 1.165) is 29.9 Å². The van der Waals surface area contributed by atoms with Gasteiger partial charge >= 0.3 is 0 Å². The van der Waals surface area contributed by atoms with Gasteiger partial charge in [0.1, 0.15) is 5.82 Å². The van der Waals surface area contributed by atoms with Crippen molar-refractivity contribution in [1.29, 1.82) is 0 Å². The number of rotatable bonds is 2. The molecule has 4 nitrogen and oxygen atoms in total. The Kier molecular flexibility index (Phi) is 2.97. The third-order valence-corrected chi connectivity index (χ3v) is 4.69. The van der Waals surface area contributed by atoms with Crippen LogP contribution in [-0.4, -0.2) is 29.9 Å². The Morgan fingerprint density at radius 3 is 2.88 bits per heavy atom. The molecule has 0 bridgehead atoms. The summed E-state index contributed by atoms with van der Waals surface area (Å²) >= 11 is 0. The van der Waals surface area contributed by atoms with Gasteiger partial charge in [0.2, 0.25) is 0 Å². The Morgan fingerprint density at radius 2 is 2.25 bits per heavy atom. The van der Waals surface area contributed by atoms with Crippen LogP contribution in [0.25, 0.3) is 0 Å². The molecular weight excluding hydrogens is 224 g/mol. The first-order valence-corrected chi connectivity index (χ1v) is 7.48. The van der Waals surface area contributed by atoms with Gasteiger partial charge in [0.25, 0.3) is 0 Å². The van der Waals surface area contributed by atoms with Gasteiger partial charge in [-0.25, -0.2) is 18.4 Å². The fourth-order valence-electron chi connectivity index (χ4n) is 2.05. The number of fused-ring (bicyclic) bond motifs is 1. The van der Waals surface area contributed by atoms with Crippen molar-refractivity contribution in [3.63, 3.8) is 0 Å².